The third-order valence-electron chi connectivity index (χ3n) is 6.05. The SMILES string of the molecule is CCC(OC(=O)c1ccc2nc(-c3ccco3)c(-c3ccco3)nc2c1)C(=O)Nc1cc(Cl)c(OC)cc1OC. The van der Waals surface area contributed by atoms with Crippen LogP contribution >= 0.6 is 11.6 Å². The molecular formula is C29H24ClN3O7. The number of ether oxygens (including phenoxy) is 3. The van der Waals surface area contributed by atoms with E-state index in [0.717, 1.165) is 0 Å². The number of halogens is 1. The van der Waals surface area contributed by atoms with Crippen LogP contribution in [0.4, 0.5) is 5.69 Å². The molecule has 1 N–H and O–H groups in total. The van der Waals surface area contributed by atoms with Gasteiger partial charge in [-0.15, -0.1) is 0 Å². The lowest BCUT2D eigenvalue weighted by molar-refractivity contribution is -0.124. The normalized spacial score (nSPS) is 11.7. The van der Waals surface area contributed by atoms with Gasteiger partial charge in [-0.25, -0.2) is 14.8 Å². The van der Waals surface area contributed by atoms with E-state index < -0.39 is 18.0 Å². The van der Waals surface area contributed by atoms with Crippen LogP contribution < -0.4 is 14.8 Å². The number of rotatable bonds is 9. The summed E-state index contributed by atoms with van der Waals surface area (Å²) < 4.78 is 27.2. The Bertz CT molecular complexity index is 1670. The first kappa shape index (κ1) is 26.8. The lowest BCUT2D eigenvalue weighted by Crippen LogP contribution is -2.32. The average Bonchev–Trinajstić information content (AvgIpc) is 3.70. The number of furan rings is 2. The quantitative estimate of drug-likeness (QED) is 0.203. The molecule has 0 fully saturated rings. The summed E-state index contributed by atoms with van der Waals surface area (Å²) in [5, 5.41) is 2.99. The highest BCUT2D eigenvalue weighted by Gasteiger charge is 2.25. The molecule has 1 atom stereocenters. The number of amides is 1. The summed E-state index contributed by atoms with van der Waals surface area (Å²) in [5.41, 5.74) is 2.44. The average molecular weight is 562 g/mol. The van der Waals surface area contributed by atoms with Gasteiger partial charge in [0.05, 0.1) is 54.1 Å². The Morgan fingerprint density at radius 3 is 2.12 bits per heavy atom. The second kappa shape index (κ2) is 11.5. The number of aromatic nitrogens is 2. The Kier molecular flexibility index (Phi) is 7.70. The van der Waals surface area contributed by atoms with E-state index in [1.807, 2.05) is 0 Å². The molecule has 0 aliphatic rings. The molecule has 5 rings (SSSR count). The highest BCUT2D eigenvalue weighted by atomic mass is 35.5. The zero-order valence-electron chi connectivity index (χ0n) is 21.8. The van der Waals surface area contributed by atoms with Gasteiger partial charge in [0.15, 0.2) is 17.6 Å². The van der Waals surface area contributed by atoms with Crippen molar-refractivity contribution in [1.29, 1.82) is 0 Å². The first-order valence-electron chi connectivity index (χ1n) is 12.2. The Morgan fingerprint density at radius 2 is 1.55 bits per heavy atom. The van der Waals surface area contributed by atoms with E-state index in [2.05, 4.69) is 5.32 Å². The van der Waals surface area contributed by atoms with Gasteiger partial charge < -0.3 is 28.4 Å². The summed E-state index contributed by atoms with van der Waals surface area (Å²) in [4.78, 5) is 35.5. The summed E-state index contributed by atoms with van der Waals surface area (Å²) in [6, 6.07) is 14.9. The van der Waals surface area contributed by atoms with Crippen LogP contribution in [0.15, 0.2) is 76.0 Å². The number of hydrogen-bond acceptors (Lipinski definition) is 9. The number of carbonyl (C=O) groups excluding carboxylic acids is 2. The number of esters is 1. The standard InChI is InChI=1S/C29H24ClN3O7/c1-4-21(28(34)33-20-14-17(30)24(36-2)15-25(20)37-3)40-29(35)16-9-10-18-19(13-16)32-27(23-8-6-12-39-23)26(31-18)22-7-5-11-38-22/h5-15,21H,4H2,1-3H3,(H,33,34). The van der Waals surface area contributed by atoms with Crippen molar-refractivity contribution in [1.82, 2.24) is 9.97 Å². The fourth-order valence-electron chi connectivity index (χ4n) is 4.04. The summed E-state index contributed by atoms with van der Waals surface area (Å²) >= 11 is 6.21. The molecule has 2 aromatic carbocycles. The maximum atomic E-state index is 13.1. The van der Waals surface area contributed by atoms with Crippen LogP contribution in [-0.2, 0) is 9.53 Å². The van der Waals surface area contributed by atoms with Crippen molar-refractivity contribution < 1.29 is 32.6 Å². The molecule has 3 heterocycles. The largest absolute Gasteiger partial charge is 0.495 e. The van der Waals surface area contributed by atoms with Gasteiger partial charge in [-0.2, -0.15) is 0 Å². The minimum absolute atomic E-state index is 0.203. The van der Waals surface area contributed by atoms with E-state index in [1.165, 1.54) is 26.5 Å². The van der Waals surface area contributed by atoms with Gasteiger partial charge in [0.2, 0.25) is 0 Å². The van der Waals surface area contributed by atoms with Crippen molar-refractivity contribution >= 4 is 40.2 Å². The fourth-order valence-corrected chi connectivity index (χ4v) is 4.28. The molecule has 0 bridgehead atoms. The Hall–Kier alpha value is -4.83. The van der Waals surface area contributed by atoms with Crippen molar-refractivity contribution in [2.24, 2.45) is 0 Å². The van der Waals surface area contributed by atoms with Crippen molar-refractivity contribution in [2.75, 3.05) is 19.5 Å². The van der Waals surface area contributed by atoms with E-state index in [4.69, 9.17) is 44.6 Å². The predicted octanol–water partition coefficient (Wildman–Crippen LogP) is 6.39. The number of hydrogen-bond donors (Lipinski definition) is 1. The lowest BCUT2D eigenvalue weighted by atomic mass is 10.1. The number of benzene rings is 2. The van der Waals surface area contributed by atoms with Gasteiger partial charge in [-0.05, 0) is 55.0 Å². The Morgan fingerprint density at radius 1 is 0.900 bits per heavy atom. The maximum Gasteiger partial charge on any atom is 0.338 e. The third kappa shape index (κ3) is 5.34. The zero-order valence-corrected chi connectivity index (χ0v) is 22.5. The van der Waals surface area contributed by atoms with Gasteiger partial charge in [-0.3, -0.25) is 4.79 Å². The summed E-state index contributed by atoms with van der Waals surface area (Å²) in [6.07, 6.45) is 2.23. The molecule has 40 heavy (non-hydrogen) atoms. The molecule has 11 heteroatoms. The summed E-state index contributed by atoms with van der Waals surface area (Å²) in [5.74, 6) is 0.506. The van der Waals surface area contributed by atoms with Crippen LogP contribution in [0.5, 0.6) is 11.5 Å². The second-order valence-electron chi connectivity index (χ2n) is 8.56. The molecule has 204 valence electrons. The van der Waals surface area contributed by atoms with Gasteiger partial charge in [0.25, 0.3) is 5.91 Å². The first-order chi connectivity index (χ1) is 19.4. The van der Waals surface area contributed by atoms with Gasteiger partial charge in [0, 0.05) is 6.07 Å². The highest BCUT2D eigenvalue weighted by Crippen LogP contribution is 2.36. The number of fused-ring (bicyclic) bond motifs is 1. The van der Waals surface area contributed by atoms with Gasteiger partial charge in [0.1, 0.15) is 22.9 Å². The molecule has 0 saturated carbocycles. The molecule has 1 unspecified atom stereocenters. The predicted molar refractivity (Wildman–Crippen MR) is 148 cm³/mol. The molecule has 0 spiro atoms. The molecule has 0 aliphatic heterocycles. The Balaban J connectivity index is 1.40. The summed E-state index contributed by atoms with van der Waals surface area (Å²) in [6.45, 7) is 1.73. The van der Waals surface area contributed by atoms with Crippen molar-refractivity contribution in [3.63, 3.8) is 0 Å². The second-order valence-corrected chi connectivity index (χ2v) is 8.96. The number of methoxy groups -OCH3 is 2. The van der Waals surface area contributed by atoms with E-state index in [9.17, 15) is 9.59 Å². The minimum atomic E-state index is -1.08. The fraction of sp³-hybridized carbons (Fsp3) is 0.172. The molecule has 0 saturated heterocycles. The molecular weight excluding hydrogens is 538 g/mol. The van der Waals surface area contributed by atoms with E-state index >= 15 is 0 Å². The smallest absolute Gasteiger partial charge is 0.338 e. The maximum absolute atomic E-state index is 13.1. The van der Waals surface area contributed by atoms with Crippen LogP contribution in [-0.4, -0.2) is 42.2 Å². The number of anilines is 1. The molecule has 10 nitrogen and oxygen atoms in total. The minimum Gasteiger partial charge on any atom is -0.495 e. The van der Waals surface area contributed by atoms with Crippen molar-refractivity contribution in [3.8, 4) is 34.4 Å². The molecule has 5 aromatic rings. The number of nitrogens with zero attached hydrogens (tertiary/aromatic N) is 2. The topological polar surface area (TPSA) is 126 Å². The lowest BCUT2D eigenvalue weighted by Gasteiger charge is -2.18. The van der Waals surface area contributed by atoms with E-state index in [-0.39, 0.29) is 17.0 Å². The van der Waals surface area contributed by atoms with Crippen molar-refractivity contribution in [3.05, 3.63) is 77.7 Å². The van der Waals surface area contributed by atoms with Crippen LogP contribution in [0.25, 0.3) is 33.9 Å². The van der Waals surface area contributed by atoms with Crippen LogP contribution in [0.3, 0.4) is 0 Å². The highest BCUT2D eigenvalue weighted by molar-refractivity contribution is 6.32. The van der Waals surface area contributed by atoms with Crippen molar-refractivity contribution in [2.45, 2.75) is 19.4 Å². The number of carbonyl (C=O) groups is 2. The monoisotopic (exact) mass is 561 g/mol. The summed E-state index contributed by atoms with van der Waals surface area (Å²) in [7, 11) is 2.92. The van der Waals surface area contributed by atoms with E-state index in [1.54, 1.807) is 61.7 Å². The van der Waals surface area contributed by atoms with Crippen LogP contribution in [0, 0.1) is 0 Å². The third-order valence-corrected chi connectivity index (χ3v) is 6.35. The van der Waals surface area contributed by atoms with Crippen LogP contribution in [0.2, 0.25) is 5.02 Å². The van der Waals surface area contributed by atoms with Gasteiger partial charge in [-0.1, -0.05) is 18.5 Å². The van der Waals surface area contributed by atoms with E-state index in [0.29, 0.717) is 51.1 Å². The first-order valence-corrected chi connectivity index (χ1v) is 12.6. The molecule has 0 radical (unpaired) electrons. The van der Waals surface area contributed by atoms with Crippen LogP contribution in [0.1, 0.15) is 23.7 Å². The zero-order chi connectivity index (χ0) is 28.2. The molecule has 1 amide bonds. The Labute approximate surface area is 233 Å². The van der Waals surface area contributed by atoms with Gasteiger partial charge >= 0.3 is 5.97 Å². The molecule has 3 aromatic heterocycles. The number of nitrogens with one attached hydrogen (secondary N) is 1. The molecule has 0 aliphatic carbocycles.